The monoisotopic (exact) mass is 327 g/mol. The van der Waals surface area contributed by atoms with Crippen LogP contribution in [0.4, 0.5) is 11.4 Å². The Morgan fingerprint density at radius 2 is 1.75 bits per heavy atom. The number of carbonyl (C=O) groups is 1. The van der Waals surface area contributed by atoms with Crippen LogP contribution in [0.2, 0.25) is 0 Å². The fourth-order valence-corrected chi connectivity index (χ4v) is 2.12. The van der Waals surface area contributed by atoms with Gasteiger partial charge in [0.1, 0.15) is 5.75 Å². The lowest BCUT2D eigenvalue weighted by molar-refractivity contribution is -0.123. The summed E-state index contributed by atoms with van der Waals surface area (Å²) in [7, 11) is 1.62. The van der Waals surface area contributed by atoms with Gasteiger partial charge in [-0.3, -0.25) is 4.79 Å². The summed E-state index contributed by atoms with van der Waals surface area (Å²) >= 11 is 0. The van der Waals surface area contributed by atoms with Crippen molar-refractivity contribution in [3.05, 3.63) is 54.1 Å². The van der Waals surface area contributed by atoms with Gasteiger partial charge in [0, 0.05) is 28.9 Å². The molecule has 2 aromatic carbocycles. The molecule has 0 unspecified atom stereocenters. The Kier molecular flexibility index (Phi) is 5.82. The van der Waals surface area contributed by atoms with Crippen LogP contribution < -0.4 is 20.9 Å². The molecule has 128 valence electrons. The highest BCUT2D eigenvalue weighted by atomic mass is 16.5. The summed E-state index contributed by atoms with van der Waals surface area (Å²) in [4.78, 5) is 12.3. The lowest BCUT2D eigenvalue weighted by Crippen LogP contribution is -2.29. The van der Waals surface area contributed by atoms with Crippen molar-refractivity contribution in [3.63, 3.8) is 0 Å². The van der Waals surface area contributed by atoms with Crippen LogP contribution in [-0.4, -0.2) is 13.0 Å². The van der Waals surface area contributed by atoms with E-state index in [1.807, 2.05) is 69.3 Å². The summed E-state index contributed by atoms with van der Waals surface area (Å²) < 4.78 is 5.44. The van der Waals surface area contributed by atoms with E-state index < -0.39 is 5.41 Å². The summed E-state index contributed by atoms with van der Waals surface area (Å²) in [5.41, 5.74) is 8.44. The smallest absolute Gasteiger partial charge is 0.229 e. The number of anilines is 2. The van der Waals surface area contributed by atoms with Crippen molar-refractivity contribution in [1.82, 2.24) is 5.43 Å². The molecule has 5 heteroatoms. The molecular weight excluding hydrogens is 302 g/mol. The fraction of sp³-hybridized carbons (Fsp3) is 0.316. The average Bonchev–Trinajstić information content (AvgIpc) is 2.56. The zero-order valence-electron chi connectivity index (χ0n) is 14.6. The third kappa shape index (κ3) is 4.73. The number of ether oxygens (including phenoxy) is 1. The van der Waals surface area contributed by atoms with Crippen LogP contribution in [0.25, 0.3) is 0 Å². The molecule has 24 heavy (non-hydrogen) atoms. The van der Waals surface area contributed by atoms with E-state index in [9.17, 15) is 4.79 Å². The quantitative estimate of drug-likeness (QED) is 0.706. The van der Waals surface area contributed by atoms with Crippen molar-refractivity contribution in [2.75, 3.05) is 17.9 Å². The van der Waals surface area contributed by atoms with Crippen molar-refractivity contribution in [1.29, 1.82) is 0 Å². The normalized spacial score (nSPS) is 11.0. The van der Waals surface area contributed by atoms with Crippen LogP contribution in [-0.2, 0) is 11.3 Å². The van der Waals surface area contributed by atoms with Crippen LogP contribution in [0.15, 0.2) is 48.5 Å². The van der Waals surface area contributed by atoms with E-state index in [1.165, 1.54) is 0 Å². The number of hydrazine groups is 1. The van der Waals surface area contributed by atoms with Gasteiger partial charge in [0.15, 0.2) is 0 Å². The van der Waals surface area contributed by atoms with Crippen LogP contribution in [0.1, 0.15) is 26.3 Å². The van der Waals surface area contributed by atoms with Gasteiger partial charge in [-0.25, -0.2) is 5.43 Å². The number of amides is 1. The van der Waals surface area contributed by atoms with Gasteiger partial charge in [0.05, 0.1) is 7.11 Å². The van der Waals surface area contributed by atoms with E-state index in [0.29, 0.717) is 6.54 Å². The molecule has 0 saturated heterocycles. The second kappa shape index (κ2) is 7.84. The number of nitrogens with one attached hydrogen (secondary N) is 3. The first kappa shape index (κ1) is 17.8. The number of para-hydroxylation sites is 1. The van der Waals surface area contributed by atoms with E-state index in [4.69, 9.17) is 4.74 Å². The highest BCUT2D eigenvalue weighted by Crippen LogP contribution is 2.28. The minimum atomic E-state index is -0.462. The molecule has 0 aliphatic rings. The summed E-state index contributed by atoms with van der Waals surface area (Å²) in [6.07, 6.45) is 0. The molecule has 2 rings (SSSR count). The molecule has 2 aromatic rings. The molecule has 0 aliphatic heterocycles. The van der Waals surface area contributed by atoms with E-state index in [2.05, 4.69) is 16.2 Å². The van der Waals surface area contributed by atoms with E-state index in [-0.39, 0.29) is 5.91 Å². The molecular formula is C19H25N3O2. The standard InChI is InChI=1S/C19H25N3O2/c1-19(2,3)18(23)21-16-11-8-12-17(24-4)15(16)13-20-22-14-9-6-5-7-10-14/h5-12,20,22H,13H2,1-4H3,(H,21,23). The third-order valence-corrected chi connectivity index (χ3v) is 3.55. The maximum atomic E-state index is 12.3. The van der Waals surface area contributed by atoms with Crippen molar-refractivity contribution in [3.8, 4) is 5.75 Å². The maximum absolute atomic E-state index is 12.3. The lowest BCUT2D eigenvalue weighted by Gasteiger charge is -2.21. The number of rotatable bonds is 6. The molecule has 0 spiro atoms. The third-order valence-electron chi connectivity index (χ3n) is 3.55. The van der Waals surface area contributed by atoms with E-state index in [1.54, 1.807) is 7.11 Å². The molecule has 5 nitrogen and oxygen atoms in total. The summed E-state index contributed by atoms with van der Waals surface area (Å²) in [5.74, 6) is 0.692. The van der Waals surface area contributed by atoms with Crippen LogP contribution in [0.5, 0.6) is 5.75 Å². The van der Waals surface area contributed by atoms with Gasteiger partial charge < -0.3 is 15.5 Å². The van der Waals surface area contributed by atoms with Gasteiger partial charge in [-0.15, -0.1) is 0 Å². The number of hydrogen-bond acceptors (Lipinski definition) is 4. The second-order valence-corrected chi connectivity index (χ2v) is 6.54. The molecule has 0 aliphatic carbocycles. The Balaban J connectivity index is 2.13. The Morgan fingerprint density at radius 3 is 2.38 bits per heavy atom. The van der Waals surface area contributed by atoms with E-state index in [0.717, 1.165) is 22.7 Å². The first-order valence-electron chi connectivity index (χ1n) is 7.93. The molecule has 0 bridgehead atoms. The SMILES string of the molecule is COc1cccc(NC(=O)C(C)(C)C)c1CNNc1ccccc1. The van der Waals surface area contributed by atoms with E-state index >= 15 is 0 Å². The zero-order chi connectivity index (χ0) is 17.6. The van der Waals surface area contributed by atoms with Crippen molar-refractivity contribution < 1.29 is 9.53 Å². The van der Waals surface area contributed by atoms with Crippen LogP contribution >= 0.6 is 0 Å². The zero-order valence-corrected chi connectivity index (χ0v) is 14.6. The number of methoxy groups -OCH3 is 1. The first-order valence-corrected chi connectivity index (χ1v) is 7.93. The molecule has 0 aromatic heterocycles. The predicted octanol–water partition coefficient (Wildman–Crippen LogP) is 3.80. The van der Waals surface area contributed by atoms with Crippen LogP contribution in [0.3, 0.4) is 0 Å². The molecule has 0 atom stereocenters. The topological polar surface area (TPSA) is 62.4 Å². The second-order valence-electron chi connectivity index (χ2n) is 6.54. The van der Waals surface area contributed by atoms with Crippen molar-refractivity contribution in [2.45, 2.75) is 27.3 Å². The maximum Gasteiger partial charge on any atom is 0.229 e. The first-order chi connectivity index (χ1) is 11.4. The number of carbonyl (C=O) groups excluding carboxylic acids is 1. The minimum absolute atomic E-state index is 0.0342. The highest BCUT2D eigenvalue weighted by Gasteiger charge is 2.22. The summed E-state index contributed by atoms with van der Waals surface area (Å²) in [6.45, 7) is 6.16. The Bertz CT molecular complexity index is 679. The largest absolute Gasteiger partial charge is 0.496 e. The lowest BCUT2D eigenvalue weighted by atomic mass is 9.95. The van der Waals surface area contributed by atoms with Crippen LogP contribution in [0, 0.1) is 5.41 Å². The van der Waals surface area contributed by atoms with Gasteiger partial charge >= 0.3 is 0 Å². The van der Waals surface area contributed by atoms with Gasteiger partial charge in [-0.1, -0.05) is 45.0 Å². The summed E-state index contributed by atoms with van der Waals surface area (Å²) in [5, 5.41) is 2.99. The Morgan fingerprint density at radius 1 is 1.04 bits per heavy atom. The predicted molar refractivity (Wildman–Crippen MR) is 98.0 cm³/mol. The fourth-order valence-electron chi connectivity index (χ4n) is 2.12. The average molecular weight is 327 g/mol. The van der Waals surface area contributed by atoms with Gasteiger partial charge in [0.25, 0.3) is 0 Å². The number of hydrogen-bond donors (Lipinski definition) is 3. The summed E-state index contributed by atoms with van der Waals surface area (Å²) in [6, 6.07) is 15.5. The van der Waals surface area contributed by atoms with Gasteiger partial charge in [-0.05, 0) is 24.3 Å². The number of benzene rings is 2. The molecule has 1 amide bonds. The van der Waals surface area contributed by atoms with Gasteiger partial charge in [0.2, 0.25) is 5.91 Å². The van der Waals surface area contributed by atoms with Gasteiger partial charge in [-0.2, -0.15) is 0 Å². The van der Waals surface area contributed by atoms with Crippen molar-refractivity contribution >= 4 is 17.3 Å². The highest BCUT2D eigenvalue weighted by molar-refractivity contribution is 5.95. The molecule has 0 heterocycles. The van der Waals surface area contributed by atoms with Crippen molar-refractivity contribution in [2.24, 2.45) is 5.41 Å². The molecule has 3 N–H and O–H groups in total. The minimum Gasteiger partial charge on any atom is -0.496 e. The Hall–Kier alpha value is -2.53. The molecule has 0 radical (unpaired) electrons. The molecule has 0 saturated carbocycles. The Labute approximate surface area is 143 Å². The molecule has 0 fully saturated rings.